The SMILES string of the molecule is Cc1ccc2c(c1C)N(C)CC1CCNCC21. The van der Waals surface area contributed by atoms with Crippen molar-refractivity contribution in [2.45, 2.75) is 26.2 Å². The summed E-state index contributed by atoms with van der Waals surface area (Å²) in [6.45, 7) is 8.06. The van der Waals surface area contributed by atoms with Gasteiger partial charge >= 0.3 is 0 Å². The third-order valence-corrected chi connectivity index (χ3v) is 4.65. The number of anilines is 1. The lowest BCUT2D eigenvalue weighted by Gasteiger charge is -2.43. The lowest BCUT2D eigenvalue weighted by Crippen LogP contribution is -2.44. The zero-order chi connectivity index (χ0) is 12.0. The summed E-state index contributed by atoms with van der Waals surface area (Å²) < 4.78 is 0. The number of hydrogen-bond donors (Lipinski definition) is 1. The van der Waals surface area contributed by atoms with Crippen molar-refractivity contribution in [3.63, 3.8) is 0 Å². The molecular formula is C15H22N2. The molecule has 2 aliphatic rings. The Hall–Kier alpha value is -1.02. The first-order valence-corrected chi connectivity index (χ1v) is 6.70. The van der Waals surface area contributed by atoms with Crippen LogP contribution in [0.25, 0.3) is 0 Å². The second kappa shape index (κ2) is 4.02. The normalized spacial score (nSPS) is 27.6. The molecule has 1 aromatic rings. The molecule has 0 bridgehead atoms. The summed E-state index contributed by atoms with van der Waals surface area (Å²) in [6, 6.07) is 4.65. The summed E-state index contributed by atoms with van der Waals surface area (Å²) >= 11 is 0. The van der Waals surface area contributed by atoms with Crippen LogP contribution < -0.4 is 10.2 Å². The van der Waals surface area contributed by atoms with E-state index < -0.39 is 0 Å². The fourth-order valence-corrected chi connectivity index (χ4v) is 3.57. The molecule has 3 rings (SSSR count). The van der Waals surface area contributed by atoms with Crippen LogP contribution in [0.4, 0.5) is 5.69 Å². The molecule has 1 aromatic carbocycles. The van der Waals surface area contributed by atoms with Gasteiger partial charge in [0.15, 0.2) is 0 Å². The first-order valence-electron chi connectivity index (χ1n) is 6.70. The Morgan fingerprint density at radius 3 is 2.94 bits per heavy atom. The monoisotopic (exact) mass is 230 g/mol. The summed E-state index contributed by atoms with van der Waals surface area (Å²) in [5, 5.41) is 3.56. The van der Waals surface area contributed by atoms with Gasteiger partial charge in [0, 0.05) is 31.7 Å². The van der Waals surface area contributed by atoms with Gasteiger partial charge < -0.3 is 10.2 Å². The van der Waals surface area contributed by atoms with Crippen LogP contribution in [0.5, 0.6) is 0 Å². The number of aryl methyl sites for hydroxylation is 1. The van der Waals surface area contributed by atoms with Crippen molar-refractivity contribution in [1.82, 2.24) is 5.32 Å². The summed E-state index contributed by atoms with van der Waals surface area (Å²) in [5.41, 5.74) is 5.95. The largest absolute Gasteiger partial charge is 0.374 e. The quantitative estimate of drug-likeness (QED) is 0.736. The van der Waals surface area contributed by atoms with Gasteiger partial charge in [0.25, 0.3) is 0 Å². The molecule has 0 saturated carbocycles. The van der Waals surface area contributed by atoms with Crippen molar-refractivity contribution in [2.24, 2.45) is 5.92 Å². The minimum Gasteiger partial charge on any atom is -0.374 e. The van der Waals surface area contributed by atoms with Crippen LogP contribution in [0.2, 0.25) is 0 Å². The first kappa shape index (κ1) is 11.1. The van der Waals surface area contributed by atoms with E-state index in [4.69, 9.17) is 0 Å². The van der Waals surface area contributed by atoms with Crippen LogP contribution >= 0.6 is 0 Å². The first-order chi connectivity index (χ1) is 8.18. The van der Waals surface area contributed by atoms with Crippen LogP contribution in [0, 0.1) is 19.8 Å². The Labute approximate surface area is 104 Å². The maximum atomic E-state index is 3.56. The van der Waals surface area contributed by atoms with Crippen LogP contribution in [0.15, 0.2) is 12.1 Å². The topological polar surface area (TPSA) is 15.3 Å². The van der Waals surface area contributed by atoms with E-state index >= 15 is 0 Å². The van der Waals surface area contributed by atoms with Gasteiger partial charge in [0.1, 0.15) is 0 Å². The fraction of sp³-hybridized carbons (Fsp3) is 0.600. The number of rotatable bonds is 0. The molecule has 0 amide bonds. The van der Waals surface area contributed by atoms with Gasteiger partial charge in [-0.05, 0) is 49.4 Å². The van der Waals surface area contributed by atoms with Crippen LogP contribution in [0.3, 0.4) is 0 Å². The molecule has 1 fully saturated rings. The van der Waals surface area contributed by atoms with E-state index in [1.54, 1.807) is 5.56 Å². The lowest BCUT2D eigenvalue weighted by molar-refractivity contribution is 0.316. The fourth-order valence-electron chi connectivity index (χ4n) is 3.57. The number of nitrogens with one attached hydrogen (secondary N) is 1. The summed E-state index contributed by atoms with van der Waals surface area (Å²) in [6.07, 6.45) is 1.32. The molecule has 0 radical (unpaired) electrons. The molecule has 0 aliphatic carbocycles. The molecule has 2 heterocycles. The highest BCUT2D eigenvalue weighted by molar-refractivity contribution is 5.64. The van der Waals surface area contributed by atoms with Crippen molar-refractivity contribution in [3.8, 4) is 0 Å². The highest BCUT2D eigenvalue weighted by atomic mass is 15.1. The average molecular weight is 230 g/mol. The van der Waals surface area contributed by atoms with E-state index in [1.165, 1.54) is 36.3 Å². The van der Waals surface area contributed by atoms with E-state index in [0.29, 0.717) is 0 Å². The van der Waals surface area contributed by atoms with E-state index in [0.717, 1.165) is 18.4 Å². The van der Waals surface area contributed by atoms with Crippen molar-refractivity contribution in [1.29, 1.82) is 0 Å². The molecule has 1 N–H and O–H groups in total. The van der Waals surface area contributed by atoms with Gasteiger partial charge in [0.2, 0.25) is 0 Å². The van der Waals surface area contributed by atoms with Crippen molar-refractivity contribution >= 4 is 5.69 Å². The van der Waals surface area contributed by atoms with Crippen LogP contribution in [-0.4, -0.2) is 26.7 Å². The van der Waals surface area contributed by atoms with Gasteiger partial charge in [-0.25, -0.2) is 0 Å². The van der Waals surface area contributed by atoms with Gasteiger partial charge in [-0.15, -0.1) is 0 Å². The Kier molecular flexibility index (Phi) is 2.62. The second-order valence-corrected chi connectivity index (χ2v) is 5.69. The molecule has 1 saturated heterocycles. The molecule has 2 heteroatoms. The third kappa shape index (κ3) is 1.66. The molecule has 0 spiro atoms. The van der Waals surface area contributed by atoms with Crippen LogP contribution in [-0.2, 0) is 0 Å². The number of piperidine rings is 1. The Bertz CT molecular complexity index is 439. The molecule has 17 heavy (non-hydrogen) atoms. The van der Waals surface area contributed by atoms with E-state index in [-0.39, 0.29) is 0 Å². The van der Waals surface area contributed by atoms with Gasteiger partial charge in [-0.2, -0.15) is 0 Å². The molecule has 92 valence electrons. The Balaban J connectivity index is 2.11. The standard InChI is InChI=1S/C15H22N2/c1-10-4-5-13-14-8-16-7-6-12(14)9-17(3)15(13)11(10)2/h4-5,12,14,16H,6-9H2,1-3H3. The number of fused-ring (bicyclic) bond motifs is 3. The molecule has 2 atom stereocenters. The number of benzene rings is 1. The maximum absolute atomic E-state index is 3.56. The van der Waals surface area contributed by atoms with E-state index in [9.17, 15) is 0 Å². The maximum Gasteiger partial charge on any atom is 0.0432 e. The highest BCUT2D eigenvalue weighted by Gasteiger charge is 2.34. The summed E-state index contributed by atoms with van der Waals surface area (Å²) in [7, 11) is 2.25. The minimum atomic E-state index is 0.731. The predicted octanol–water partition coefficient (Wildman–Crippen LogP) is 2.45. The Morgan fingerprint density at radius 2 is 2.12 bits per heavy atom. The van der Waals surface area contributed by atoms with E-state index in [1.807, 2.05) is 0 Å². The number of nitrogens with zero attached hydrogens (tertiary/aromatic N) is 1. The zero-order valence-corrected chi connectivity index (χ0v) is 11.1. The van der Waals surface area contributed by atoms with Gasteiger partial charge in [0.05, 0.1) is 0 Å². The second-order valence-electron chi connectivity index (χ2n) is 5.69. The minimum absolute atomic E-state index is 0.731. The average Bonchev–Trinajstić information content (AvgIpc) is 2.33. The van der Waals surface area contributed by atoms with Crippen molar-refractivity contribution in [3.05, 3.63) is 28.8 Å². The van der Waals surface area contributed by atoms with Crippen LogP contribution in [0.1, 0.15) is 29.0 Å². The van der Waals surface area contributed by atoms with Gasteiger partial charge in [-0.1, -0.05) is 12.1 Å². The summed E-state index contributed by atoms with van der Waals surface area (Å²) in [4.78, 5) is 2.48. The molecule has 0 aromatic heterocycles. The highest BCUT2D eigenvalue weighted by Crippen LogP contribution is 2.42. The predicted molar refractivity (Wildman–Crippen MR) is 72.9 cm³/mol. The van der Waals surface area contributed by atoms with Gasteiger partial charge in [-0.3, -0.25) is 0 Å². The van der Waals surface area contributed by atoms with E-state index in [2.05, 4.69) is 43.2 Å². The molecule has 2 aliphatic heterocycles. The number of hydrogen-bond acceptors (Lipinski definition) is 2. The molecule has 2 nitrogen and oxygen atoms in total. The Morgan fingerprint density at radius 1 is 1.29 bits per heavy atom. The van der Waals surface area contributed by atoms with Crippen molar-refractivity contribution in [2.75, 3.05) is 31.6 Å². The van der Waals surface area contributed by atoms with Crippen molar-refractivity contribution < 1.29 is 0 Å². The smallest absolute Gasteiger partial charge is 0.0432 e. The molecule has 2 unspecified atom stereocenters. The third-order valence-electron chi connectivity index (χ3n) is 4.65. The zero-order valence-electron chi connectivity index (χ0n) is 11.1. The summed E-state index contributed by atoms with van der Waals surface area (Å²) in [5.74, 6) is 1.57. The molecular weight excluding hydrogens is 208 g/mol. The lowest BCUT2D eigenvalue weighted by atomic mass is 9.76.